The van der Waals surface area contributed by atoms with Gasteiger partial charge in [0.15, 0.2) is 23.0 Å². The van der Waals surface area contributed by atoms with Crippen LogP contribution in [0, 0.1) is 46.5 Å². The molecule has 2 aromatic carbocycles. The molecule has 3 rings (SSSR count). The number of hydrogen-bond acceptors (Lipinski definition) is 4. The molecule has 13 heteroatoms. The average Bonchev–Trinajstić information content (AvgIpc) is 3.02. The van der Waals surface area contributed by atoms with Crippen LogP contribution < -0.4 is 14.0 Å². The lowest BCUT2D eigenvalue weighted by Crippen LogP contribution is -2.33. The van der Waals surface area contributed by atoms with Crippen molar-refractivity contribution in [1.29, 1.82) is 0 Å². The molecule has 0 spiro atoms. The van der Waals surface area contributed by atoms with Gasteiger partial charge in [-0.25, -0.2) is 17.6 Å². The summed E-state index contributed by atoms with van der Waals surface area (Å²) in [7, 11) is -2.41. The summed E-state index contributed by atoms with van der Waals surface area (Å²) in [4.78, 5) is 0. The molecule has 1 heterocycles. The van der Waals surface area contributed by atoms with Crippen molar-refractivity contribution >= 4 is 7.32 Å². The number of aromatic hydroxyl groups is 1. The SMILES string of the molecule is Oc1c(F)c(F)c(F)c(F)c1OB1Oc2c(F)c(F)c(F)c(F)c2O1. The predicted octanol–water partition coefficient (Wildman–Crippen LogP) is 3.34. The third kappa shape index (κ3) is 2.37. The molecule has 0 unspecified atom stereocenters. The molecule has 1 aliphatic heterocycles. The molecule has 0 aromatic heterocycles. The highest BCUT2D eigenvalue weighted by Crippen LogP contribution is 2.43. The molecule has 0 aliphatic carbocycles. The van der Waals surface area contributed by atoms with Gasteiger partial charge < -0.3 is 19.1 Å². The third-order valence-corrected chi connectivity index (χ3v) is 3.03. The van der Waals surface area contributed by atoms with Gasteiger partial charge in [-0.2, -0.15) is 17.6 Å². The first-order valence-electron chi connectivity index (χ1n) is 6.05. The molecule has 0 atom stereocenters. The summed E-state index contributed by atoms with van der Waals surface area (Å²) in [6.07, 6.45) is 0. The van der Waals surface area contributed by atoms with Gasteiger partial charge in [0.25, 0.3) is 0 Å². The van der Waals surface area contributed by atoms with Crippen molar-refractivity contribution in [1.82, 2.24) is 0 Å². The second-order valence-electron chi connectivity index (χ2n) is 4.49. The Labute approximate surface area is 132 Å². The van der Waals surface area contributed by atoms with Crippen LogP contribution >= 0.6 is 0 Å². The molecule has 0 saturated heterocycles. The Bertz CT molecular complexity index is 840. The van der Waals surface area contributed by atoms with Gasteiger partial charge in [-0.1, -0.05) is 0 Å². The van der Waals surface area contributed by atoms with E-state index < -0.39 is 76.9 Å². The van der Waals surface area contributed by atoms with Crippen LogP contribution in [0.1, 0.15) is 0 Å². The normalized spacial score (nSPS) is 12.7. The van der Waals surface area contributed by atoms with Crippen molar-refractivity contribution < 1.29 is 54.2 Å². The van der Waals surface area contributed by atoms with Crippen molar-refractivity contribution in [2.24, 2.45) is 0 Å². The van der Waals surface area contributed by atoms with Crippen molar-refractivity contribution in [3.8, 4) is 23.0 Å². The highest BCUT2D eigenvalue weighted by atomic mass is 19.2. The zero-order valence-electron chi connectivity index (χ0n) is 11.3. The van der Waals surface area contributed by atoms with Gasteiger partial charge in [-0.15, -0.1) is 0 Å². The summed E-state index contributed by atoms with van der Waals surface area (Å²) >= 11 is 0. The van der Waals surface area contributed by atoms with Crippen LogP contribution in [-0.4, -0.2) is 12.4 Å². The van der Waals surface area contributed by atoms with Crippen molar-refractivity contribution in [3.63, 3.8) is 0 Å². The number of rotatable bonds is 2. The number of phenolic OH excluding ortho intramolecular Hbond substituents is 1. The maximum atomic E-state index is 13.5. The molecular weight excluding hydrogens is 371 g/mol. The molecule has 132 valence electrons. The van der Waals surface area contributed by atoms with Gasteiger partial charge in [-0.3, -0.25) is 0 Å². The summed E-state index contributed by atoms with van der Waals surface area (Å²) < 4.78 is 119. The molecule has 4 nitrogen and oxygen atoms in total. The summed E-state index contributed by atoms with van der Waals surface area (Å²) in [6.45, 7) is 0. The van der Waals surface area contributed by atoms with E-state index in [2.05, 4.69) is 14.0 Å². The van der Waals surface area contributed by atoms with Gasteiger partial charge in [-0.05, 0) is 0 Å². The van der Waals surface area contributed by atoms with Gasteiger partial charge in [0.05, 0.1) is 0 Å². The Morgan fingerprint density at radius 1 is 0.600 bits per heavy atom. The van der Waals surface area contributed by atoms with Crippen LogP contribution in [0.25, 0.3) is 0 Å². The largest absolute Gasteiger partial charge is 0.864 e. The fourth-order valence-corrected chi connectivity index (χ4v) is 1.87. The predicted molar refractivity (Wildman–Crippen MR) is 61.9 cm³/mol. The van der Waals surface area contributed by atoms with Crippen LogP contribution in [0.4, 0.5) is 35.1 Å². The first-order chi connectivity index (χ1) is 11.6. The van der Waals surface area contributed by atoms with E-state index in [1.807, 2.05) is 0 Å². The van der Waals surface area contributed by atoms with E-state index in [4.69, 9.17) is 0 Å². The zero-order chi connectivity index (χ0) is 18.6. The fraction of sp³-hybridized carbons (Fsp3) is 0. The lowest BCUT2D eigenvalue weighted by atomic mass is 10.2. The maximum Gasteiger partial charge on any atom is 0.864 e. The summed E-state index contributed by atoms with van der Waals surface area (Å²) in [5, 5.41) is 9.23. The van der Waals surface area contributed by atoms with Gasteiger partial charge in [0.2, 0.25) is 46.5 Å². The smallest absolute Gasteiger partial charge is 0.502 e. The Morgan fingerprint density at radius 3 is 1.48 bits per heavy atom. The van der Waals surface area contributed by atoms with Crippen LogP contribution in [0.15, 0.2) is 0 Å². The highest BCUT2D eigenvalue weighted by Gasteiger charge is 2.46. The number of benzene rings is 2. The Kier molecular flexibility index (Phi) is 3.80. The van der Waals surface area contributed by atoms with E-state index >= 15 is 0 Å². The minimum Gasteiger partial charge on any atom is -0.502 e. The van der Waals surface area contributed by atoms with E-state index in [0.717, 1.165) is 0 Å². The standard InChI is InChI=1S/C12HBF8O4/c14-1-2(15)6(19)10(9(22)5(1)18)23-13-24-11-7(20)3(16)4(17)8(21)12(11)25-13/h22H. The third-order valence-electron chi connectivity index (χ3n) is 3.03. The molecule has 1 N–H and O–H groups in total. The van der Waals surface area contributed by atoms with Crippen molar-refractivity contribution in [3.05, 3.63) is 46.5 Å². The van der Waals surface area contributed by atoms with Gasteiger partial charge >= 0.3 is 7.32 Å². The molecule has 0 fully saturated rings. The van der Waals surface area contributed by atoms with Crippen molar-refractivity contribution in [2.45, 2.75) is 0 Å². The number of fused-ring (bicyclic) bond motifs is 1. The van der Waals surface area contributed by atoms with Crippen LogP contribution in [0.2, 0.25) is 0 Å². The van der Waals surface area contributed by atoms with E-state index in [-0.39, 0.29) is 0 Å². The number of halogens is 8. The summed E-state index contributed by atoms with van der Waals surface area (Å²) in [5.41, 5.74) is 0. The van der Waals surface area contributed by atoms with Crippen LogP contribution in [-0.2, 0) is 0 Å². The van der Waals surface area contributed by atoms with E-state index in [1.54, 1.807) is 0 Å². The Hall–Kier alpha value is -2.86. The minimum atomic E-state index is -2.41. The lowest BCUT2D eigenvalue weighted by molar-refractivity contribution is 0.296. The van der Waals surface area contributed by atoms with Gasteiger partial charge in [0, 0.05) is 0 Å². The van der Waals surface area contributed by atoms with Crippen molar-refractivity contribution in [2.75, 3.05) is 0 Å². The Morgan fingerprint density at radius 2 is 1.00 bits per heavy atom. The summed E-state index contributed by atoms with van der Waals surface area (Å²) in [6, 6.07) is 0. The lowest BCUT2D eigenvalue weighted by Gasteiger charge is -2.11. The second kappa shape index (κ2) is 5.60. The van der Waals surface area contributed by atoms with E-state index in [9.17, 15) is 40.2 Å². The monoisotopic (exact) mass is 372 g/mol. The fourth-order valence-electron chi connectivity index (χ4n) is 1.87. The van der Waals surface area contributed by atoms with Gasteiger partial charge in [0.1, 0.15) is 0 Å². The van der Waals surface area contributed by atoms with E-state index in [1.165, 1.54) is 0 Å². The molecule has 25 heavy (non-hydrogen) atoms. The molecule has 0 saturated carbocycles. The first-order valence-corrected chi connectivity index (χ1v) is 6.05. The van der Waals surface area contributed by atoms with E-state index in [0.29, 0.717) is 0 Å². The molecule has 0 bridgehead atoms. The number of hydrogen-bond donors (Lipinski definition) is 1. The van der Waals surface area contributed by atoms with Crippen LogP contribution in [0.5, 0.6) is 23.0 Å². The minimum absolute atomic E-state index is 1.32. The highest BCUT2D eigenvalue weighted by molar-refractivity contribution is 6.41. The molecule has 2 aromatic rings. The quantitative estimate of drug-likeness (QED) is 0.380. The molecule has 0 amide bonds. The first kappa shape index (κ1) is 17.0. The van der Waals surface area contributed by atoms with Crippen LogP contribution in [0.3, 0.4) is 0 Å². The topological polar surface area (TPSA) is 47.9 Å². The number of phenols is 1. The molecular formula is C12HBF8O4. The molecule has 1 aliphatic rings. The zero-order valence-corrected chi connectivity index (χ0v) is 11.3. The Balaban J connectivity index is 1.98. The summed E-state index contributed by atoms with van der Waals surface area (Å²) in [5.74, 6) is -23.9. The maximum absolute atomic E-state index is 13.5. The average molecular weight is 372 g/mol. The molecule has 0 radical (unpaired) electrons. The second-order valence-corrected chi connectivity index (χ2v) is 4.49.